The number of nitrogens with zero attached hydrogens (tertiary/aromatic N) is 7. The molecule has 0 saturated carbocycles. The Morgan fingerprint density at radius 3 is 2.69 bits per heavy atom. The van der Waals surface area contributed by atoms with E-state index in [-0.39, 0.29) is 11.9 Å². The number of amides is 1. The first-order valence-corrected chi connectivity index (χ1v) is 12.4. The summed E-state index contributed by atoms with van der Waals surface area (Å²) >= 11 is 1.44. The summed E-state index contributed by atoms with van der Waals surface area (Å²) in [5.74, 6) is -0.241. The van der Waals surface area contributed by atoms with E-state index in [1.165, 1.54) is 11.8 Å². The average molecular weight is 485 g/mol. The predicted molar refractivity (Wildman–Crippen MR) is 137 cm³/mol. The first-order valence-electron chi connectivity index (χ1n) is 11.1. The third kappa shape index (κ3) is 4.28. The van der Waals surface area contributed by atoms with Gasteiger partial charge >= 0.3 is 0 Å². The van der Waals surface area contributed by atoms with Crippen molar-refractivity contribution in [3.8, 4) is 16.9 Å². The van der Waals surface area contributed by atoms with Crippen LogP contribution in [-0.2, 0) is 0 Å². The fourth-order valence-corrected chi connectivity index (χ4v) is 4.40. The van der Waals surface area contributed by atoms with Crippen molar-refractivity contribution in [2.24, 2.45) is 0 Å². The van der Waals surface area contributed by atoms with Gasteiger partial charge in [-0.25, -0.2) is 9.67 Å². The molecule has 2 aromatic carbocycles. The maximum atomic E-state index is 13.6. The van der Waals surface area contributed by atoms with E-state index in [4.69, 9.17) is 4.98 Å². The van der Waals surface area contributed by atoms with Gasteiger partial charge in [0.15, 0.2) is 5.65 Å². The zero-order valence-corrected chi connectivity index (χ0v) is 20.6. The first kappa shape index (κ1) is 22.7. The number of aryl methyl sites for hydroxylation is 1. The van der Waals surface area contributed by atoms with Crippen LogP contribution in [0.5, 0.6) is 0 Å². The molecule has 0 saturated heterocycles. The molecule has 0 atom stereocenters. The zero-order valence-electron chi connectivity index (χ0n) is 19.8. The molecule has 5 aromatic rings. The maximum absolute atomic E-state index is 13.6. The zero-order chi connectivity index (χ0) is 24.5. The minimum absolute atomic E-state index is 0.0987. The molecule has 1 amide bonds. The molecule has 0 aliphatic carbocycles. The molecule has 0 unspecified atom stereocenters. The van der Waals surface area contributed by atoms with E-state index in [2.05, 4.69) is 25.9 Å². The summed E-state index contributed by atoms with van der Waals surface area (Å²) in [7, 11) is 0. The summed E-state index contributed by atoms with van der Waals surface area (Å²) in [6.45, 7) is 6.12. The lowest BCUT2D eigenvalue weighted by atomic mass is 10.0. The van der Waals surface area contributed by atoms with Gasteiger partial charge < -0.3 is 5.32 Å². The Morgan fingerprint density at radius 2 is 1.91 bits per heavy atom. The van der Waals surface area contributed by atoms with Crippen LogP contribution < -0.4 is 5.32 Å². The number of carbonyl (C=O) groups excluding carboxylic acids is 1. The molecule has 0 bridgehead atoms. The van der Waals surface area contributed by atoms with Gasteiger partial charge in [0.2, 0.25) is 5.16 Å². The molecule has 35 heavy (non-hydrogen) atoms. The summed E-state index contributed by atoms with van der Waals surface area (Å²) in [5.41, 5.74) is 5.37. The summed E-state index contributed by atoms with van der Waals surface area (Å²) in [6.07, 6.45) is 3.62. The van der Waals surface area contributed by atoms with E-state index < -0.39 is 0 Å². The molecular formula is C25H24N8OS. The third-order valence-corrected chi connectivity index (χ3v) is 6.31. The fraction of sp³-hybridized carbons (Fsp3) is 0.200. The van der Waals surface area contributed by atoms with Gasteiger partial charge in [0.1, 0.15) is 0 Å². The molecule has 0 spiro atoms. The smallest absolute Gasteiger partial charge is 0.256 e. The Morgan fingerprint density at radius 1 is 1.09 bits per heavy atom. The summed E-state index contributed by atoms with van der Waals surface area (Å²) in [4.78, 5) is 18.5. The number of nitrogens with one attached hydrogen (secondary N) is 1. The Kier molecular flexibility index (Phi) is 6.04. The highest BCUT2D eigenvalue weighted by atomic mass is 32.2. The highest BCUT2D eigenvalue weighted by molar-refractivity contribution is 7.98. The molecule has 0 aliphatic heterocycles. The van der Waals surface area contributed by atoms with Crippen LogP contribution in [0, 0.1) is 6.92 Å². The van der Waals surface area contributed by atoms with Crippen LogP contribution >= 0.6 is 11.8 Å². The normalized spacial score (nSPS) is 11.3. The van der Waals surface area contributed by atoms with Crippen molar-refractivity contribution < 1.29 is 4.79 Å². The van der Waals surface area contributed by atoms with E-state index in [9.17, 15) is 4.79 Å². The highest BCUT2D eigenvalue weighted by Crippen LogP contribution is 2.29. The van der Waals surface area contributed by atoms with Crippen molar-refractivity contribution in [1.29, 1.82) is 0 Å². The molecule has 10 heteroatoms. The molecular weight excluding hydrogens is 460 g/mol. The Bertz CT molecular complexity index is 1540. The van der Waals surface area contributed by atoms with Crippen LogP contribution in [0.15, 0.2) is 66.0 Å². The second kappa shape index (κ2) is 9.30. The van der Waals surface area contributed by atoms with Crippen molar-refractivity contribution in [3.63, 3.8) is 0 Å². The van der Waals surface area contributed by atoms with Gasteiger partial charge in [-0.1, -0.05) is 42.1 Å². The number of rotatable bonds is 6. The molecule has 9 nitrogen and oxygen atoms in total. The number of hydrogen-bond acceptors (Lipinski definition) is 7. The van der Waals surface area contributed by atoms with Gasteiger partial charge in [-0.05, 0) is 67.3 Å². The lowest BCUT2D eigenvalue weighted by Gasteiger charge is -2.12. The monoisotopic (exact) mass is 484 g/mol. The molecule has 0 radical (unpaired) electrons. The number of pyridine rings is 1. The fourth-order valence-electron chi connectivity index (χ4n) is 3.96. The standard InChI is InChI=1S/C25H24N8OS/c1-15(2)32-23-21(14-26-32)20(13-22(28-23)19-11-6-5-8-16(19)3)24(34)27-17-9-7-10-18(12-17)33-25(35-4)29-30-31-33/h5-15H,1-4H3,(H,27,34). The summed E-state index contributed by atoms with van der Waals surface area (Å²) in [6, 6.07) is 17.4. The topological polar surface area (TPSA) is 103 Å². The first-order chi connectivity index (χ1) is 17.0. The van der Waals surface area contributed by atoms with E-state index in [1.54, 1.807) is 10.9 Å². The largest absolute Gasteiger partial charge is 0.322 e. The van der Waals surface area contributed by atoms with E-state index >= 15 is 0 Å². The number of tetrazole rings is 1. The van der Waals surface area contributed by atoms with Gasteiger partial charge in [0.05, 0.1) is 28.5 Å². The number of fused-ring (bicyclic) bond motifs is 1. The van der Waals surface area contributed by atoms with Gasteiger partial charge in [-0.15, -0.1) is 5.10 Å². The molecule has 3 aromatic heterocycles. The molecule has 0 fully saturated rings. The second-order valence-electron chi connectivity index (χ2n) is 8.37. The SMILES string of the molecule is CSc1nnnn1-c1cccc(NC(=O)c2cc(-c3ccccc3C)nc3c2cnn3C(C)C)c1. The number of benzene rings is 2. The number of thioether (sulfide) groups is 1. The number of hydrogen-bond donors (Lipinski definition) is 1. The van der Waals surface area contributed by atoms with E-state index in [1.807, 2.05) is 86.3 Å². The molecule has 3 heterocycles. The minimum Gasteiger partial charge on any atom is -0.322 e. The van der Waals surface area contributed by atoms with Gasteiger partial charge in [0, 0.05) is 17.3 Å². The van der Waals surface area contributed by atoms with Gasteiger partial charge in [-0.3, -0.25) is 4.79 Å². The number of carbonyl (C=O) groups is 1. The van der Waals surface area contributed by atoms with Crippen LogP contribution in [0.4, 0.5) is 5.69 Å². The predicted octanol–water partition coefficient (Wildman–Crippen LogP) is 4.94. The second-order valence-corrected chi connectivity index (χ2v) is 9.15. The molecule has 5 rings (SSSR count). The third-order valence-electron chi connectivity index (χ3n) is 5.69. The van der Waals surface area contributed by atoms with Crippen LogP contribution in [0.3, 0.4) is 0 Å². The highest BCUT2D eigenvalue weighted by Gasteiger charge is 2.19. The minimum atomic E-state index is -0.241. The van der Waals surface area contributed by atoms with Gasteiger partial charge in [0.25, 0.3) is 5.91 Å². The number of anilines is 1. The molecule has 1 N–H and O–H groups in total. The Hall–Kier alpha value is -4.05. The van der Waals surface area contributed by atoms with Gasteiger partial charge in [-0.2, -0.15) is 9.78 Å². The average Bonchev–Trinajstić information content (AvgIpc) is 3.51. The van der Waals surface area contributed by atoms with Crippen molar-refractivity contribution in [2.75, 3.05) is 11.6 Å². The van der Waals surface area contributed by atoms with Crippen LogP contribution in [-0.4, -0.2) is 47.1 Å². The lowest BCUT2D eigenvalue weighted by molar-refractivity contribution is 0.102. The molecule has 176 valence electrons. The molecule has 0 aliphatic rings. The summed E-state index contributed by atoms with van der Waals surface area (Å²) in [5, 5.41) is 20.7. The quantitative estimate of drug-likeness (QED) is 0.341. The number of aromatic nitrogens is 7. The Balaban J connectivity index is 1.57. The van der Waals surface area contributed by atoms with Crippen LogP contribution in [0.1, 0.15) is 35.8 Å². The maximum Gasteiger partial charge on any atom is 0.256 e. The van der Waals surface area contributed by atoms with Crippen molar-refractivity contribution in [2.45, 2.75) is 32.0 Å². The van der Waals surface area contributed by atoms with Crippen molar-refractivity contribution in [3.05, 3.63) is 71.9 Å². The Labute approximate surface area is 206 Å². The van der Waals surface area contributed by atoms with E-state index in [0.29, 0.717) is 27.4 Å². The van der Waals surface area contributed by atoms with Crippen LogP contribution in [0.2, 0.25) is 0 Å². The summed E-state index contributed by atoms with van der Waals surface area (Å²) < 4.78 is 3.48. The van der Waals surface area contributed by atoms with E-state index in [0.717, 1.165) is 22.5 Å². The van der Waals surface area contributed by atoms with Crippen molar-refractivity contribution >= 4 is 34.4 Å². The van der Waals surface area contributed by atoms with Crippen molar-refractivity contribution in [1.82, 2.24) is 35.0 Å². The van der Waals surface area contributed by atoms with Crippen LogP contribution in [0.25, 0.3) is 28.0 Å². The lowest BCUT2D eigenvalue weighted by Crippen LogP contribution is -2.14.